The highest BCUT2D eigenvalue weighted by molar-refractivity contribution is 5.83. The van der Waals surface area contributed by atoms with E-state index in [1.807, 2.05) is 27.7 Å². The summed E-state index contributed by atoms with van der Waals surface area (Å²) in [4.78, 5) is 4.13. The Morgan fingerprint density at radius 2 is 1.76 bits per heavy atom. The van der Waals surface area contributed by atoms with E-state index in [0.717, 1.165) is 12.0 Å². The maximum Gasteiger partial charge on any atom is 0.185 e. The SMILES string of the molecule is CCCNc1nc2c(F)c(F)cc(F)c2cc1C(C)(C)C. The van der Waals surface area contributed by atoms with Crippen LogP contribution in [0.5, 0.6) is 0 Å². The Hall–Kier alpha value is -1.78. The van der Waals surface area contributed by atoms with Crippen molar-refractivity contribution < 1.29 is 13.2 Å². The van der Waals surface area contributed by atoms with Gasteiger partial charge in [-0.15, -0.1) is 0 Å². The maximum absolute atomic E-state index is 13.9. The number of pyridine rings is 1. The molecule has 0 aliphatic rings. The van der Waals surface area contributed by atoms with Gasteiger partial charge in [-0.3, -0.25) is 0 Å². The molecule has 1 aromatic carbocycles. The van der Waals surface area contributed by atoms with Crippen LogP contribution in [0.4, 0.5) is 19.0 Å². The quantitative estimate of drug-likeness (QED) is 0.825. The molecule has 0 radical (unpaired) electrons. The summed E-state index contributed by atoms with van der Waals surface area (Å²) in [5, 5.41) is 3.11. The van der Waals surface area contributed by atoms with Crippen LogP contribution < -0.4 is 5.32 Å². The molecule has 0 saturated heterocycles. The van der Waals surface area contributed by atoms with Gasteiger partial charge in [0.25, 0.3) is 0 Å². The molecule has 0 bridgehead atoms. The van der Waals surface area contributed by atoms with Gasteiger partial charge in [-0.2, -0.15) is 0 Å². The average molecular weight is 296 g/mol. The molecule has 1 N–H and O–H groups in total. The van der Waals surface area contributed by atoms with E-state index < -0.39 is 17.5 Å². The fourth-order valence-corrected chi connectivity index (χ4v) is 2.18. The standard InChI is InChI=1S/C16H19F3N2/c1-5-6-20-15-10(16(2,3)4)7-9-11(17)8-12(18)13(19)14(9)21-15/h7-8H,5-6H2,1-4H3,(H,20,21). The molecule has 1 heterocycles. The lowest BCUT2D eigenvalue weighted by Crippen LogP contribution is -2.17. The molecular formula is C16H19F3N2. The Labute approximate surface area is 122 Å². The summed E-state index contributed by atoms with van der Waals surface area (Å²) in [7, 11) is 0. The zero-order valence-electron chi connectivity index (χ0n) is 12.7. The van der Waals surface area contributed by atoms with Crippen molar-refractivity contribution in [1.82, 2.24) is 4.98 Å². The summed E-state index contributed by atoms with van der Waals surface area (Å²) in [6, 6.07) is 2.11. The van der Waals surface area contributed by atoms with Crippen molar-refractivity contribution >= 4 is 16.7 Å². The van der Waals surface area contributed by atoms with Crippen LogP contribution in [0, 0.1) is 17.5 Å². The van der Waals surface area contributed by atoms with Crippen molar-refractivity contribution in [2.45, 2.75) is 39.5 Å². The number of anilines is 1. The van der Waals surface area contributed by atoms with Crippen LogP contribution in [0.3, 0.4) is 0 Å². The third-order valence-electron chi connectivity index (χ3n) is 3.30. The Balaban J connectivity index is 2.77. The zero-order chi connectivity index (χ0) is 15.8. The van der Waals surface area contributed by atoms with Crippen molar-refractivity contribution in [3.63, 3.8) is 0 Å². The number of fused-ring (bicyclic) bond motifs is 1. The summed E-state index contributed by atoms with van der Waals surface area (Å²) in [6.45, 7) is 8.53. The molecule has 114 valence electrons. The second kappa shape index (κ2) is 5.54. The molecule has 0 atom stereocenters. The van der Waals surface area contributed by atoms with Crippen LogP contribution in [-0.2, 0) is 5.41 Å². The molecule has 2 nitrogen and oxygen atoms in total. The van der Waals surface area contributed by atoms with E-state index in [1.54, 1.807) is 6.07 Å². The van der Waals surface area contributed by atoms with Gasteiger partial charge in [0.05, 0.1) is 0 Å². The summed E-state index contributed by atoms with van der Waals surface area (Å²) in [5.41, 5.74) is 0.196. The number of nitrogens with zero attached hydrogens (tertiary/aromatic N) is 1. The van der Waals surface area contributed by atoms with E-state index >= 15 is 0 Å². The average Bonchev–Trinajstić information content (AvgIpc) is 2.40. The number of rotatable bonds is 3. The third-order valence-corrected chi connectivity index (χ3v) is 3.30. The first kappa shape index (κ1) is 15.6. The van der Waals surface area contributed by atoms with Crippen LogP contribution in [0.1, 0.15) is 39.7 Å². The normalized spacial score (nSPS) is 12.0. The number of benzene rings is 1. The molecule has 0 aliphatic heterocycles. The second-order valence-corrected chi connectivity index (χ2v) is 6.11. The van der Waals surface area contributed by atoms with Gasteiger partial charge in [0.1, 0.15) is 17.2 Å². The third kappa shape index (κ3) is 2.96. The lowest BCUT2D eigenvalue weighted by molar-refractivity contribution is 0.503. The molecule has 2 rings (SSSR count). The van der Waals surface area contributed by atoms with Crippen LogP contribution >= 0.6 is 0 Å². The first-order chi connectivity index (χ1) is 9.75. The molecular weight excluding hydrogens is 277 g/mol. The minimum absolute atomic E-state index is 0.000809. The Bertz CT molecular complexity index is 676. The van der Waals surface area contributed by atoms with Gasteiger partial charge in [-0.05, 0) is 17.9 Å². The molecule has 0 unspecified atom stereocenters. The van der Waals surface area contributed by atoms with Crippen LogP contribution in [-0.4, -0.2) is 11.5 Å². The molecule has 2 aromatic rings. The number of aromatic nitrogens is 1. The van der Waals surface area contributed by atoms with Crippen LogP contribution in [0.15, 0.2) is 12.1 Å². The largest absolute Gasteiger partial charge is 0.370 e. The molecule has 0 saturated carbocycles. The van der Waals surface area contributed by atoms with Crippen molar-refractivity contribution in [3.8, 4) is 0 Å². The van der Waals surface area contributed by atoms with E-state index in [4.69, 9.17) is 0 Å². The highest BCUT2D eigenvalue weighted by Crippen LogP contribution is 2.33. The van der Waals surface area contributed by atoms with Crippen LogP contribution in [0.25, 0.3) is 10.9 Å². The Morgan fingerprint density at radius 1 is 1.10 bits per heavy atom. The molecule has 1 aromatic heterocycles. The number of hydrogen-bond donors (Lipinski definition) is 1. The summed E-state index contributed by atoms with van der Waals surface area (Å²) in [6.07, 6.45) is 0.864. The maximum atomic E-state index is 13.9. The van der Waals surface area contributed by atoms with Crippen molar-refractivity contribution in [1.29, 1.82) is 0 Å². The highest BCUT2D eigenvalue weighted by atomic mass is 19.2. The van der Waals surface area contributed by atoms with Crippen molar-refractivity contribution in [2.24, 2.45) is 0 Å². The molecule has 0 spiro atoms. The smallest absolute Gasteiger partial charge is 0.185 e. The number of nitrogens with one attached hydrogen (secondary N) is 1. The van der Waals surface area contributed by atoms with Gasteiger partial charge in [-0.25, -0.2) is 18.2 Å². The lowest BCUT2D eigenvalue weighted by atomic mass is 9.86. The monoisotopic (exact) mass is 296 g/mol. The highest BCUT2D eigenvalue weighted by Gasteiger charge is 2.23. The van der Waals surface area contributed by atoms with E-state index in [9.17, 15) is 13.2 Å². The van der Waals surface area contributed by atoms with Crippen molar-refractivity contribution in [3.05, 3.63) is 35.1 Å². The first-order valence-electron chi connectivity index (χ1n) is 6.98. The molecule has 0 fully saturated rings. The summed E-state index contributed by atoms with van der Waals surface area (Å²) >= 11 is 0. The number of hydrogen-bond acceptors (Lipinski definition) is 2. The fraction of sp³-hybridized carbons (Fsp3) is 0.438. The Kier molecular flexibility index (Phi) is 4.12. The molecule has 0 aliphatic carbocycles. The van der Waals surface area contributed by atoms with Gasteiger partial charge in [0.2, 0.25) is 0 Å². The molecule has 0 amide bonds. The van der Waals surface area contributed by atoms with Gasteiger partial charge >= 0.3 is 0 Å². The topological polar surface area (TPSA) is 24.9 Å². The van der Waals surface area contributed by atoms with Gasteiger partial charge in [-0.1, -0.05) is 27.7 Å². The summed E-state index contributed by atoms with van der Waals surface area (Å²) < 4.78 is 41.1. The van der Waals surface area contributed by atoms with Crippen molar-refractivity contribution in [2.75, 3.05) is 11.9 Å². The van der Waals surface area contributed by atoms with Gasteiger partial charge < -0.3 is 5.32 Å². The number of halogens is 3. The predicted octanol–water partition coefficient (Wildman–Crippen LogP) is 4.77. The van der Waals surface area contributed by atoms with E-state index in [1.165, 1.54) is 0 Å². The van der Waals surface area contributed by atoms with Crippen LogP contribution in [0.2, 0.25) is 0 Å². The first-order valence-corrected chi connectivity index (χ1v) is 6.98. The lowest BCUT2D eigenvalue weighted by Gasteiger charge is -2.23. The van der Waals surface area contributed by atoms with E-state index in [0.29, 0.717) is 18.4 Å². The predicted molar refractivity (Wildman–Crippen MR) is 79.1 cm³/mol. The second-order valence-electron chi connectivity index (χ2n) is 6.11. The molecule has 5 heteroatoms. The van der Waals surface area contributed by atoms with E-state index in [-0.39, 0.29) is 16.3 Å². The minimum Gasteiger partial charge on any atom is -0.370 e. The Morgan fingerprint density at radius 3 is 2.33 bits per heavy atom. The van der Waals surface area contributed by atoms with Gasteiger partial charge in [0.15, 0.2) is 11.6 Å². The molecule has 21 heavy (non-hydrogen) atoms. The fourth-order valence-electron chi connectivity index (χ4n) is 2.18. The van der Waals surface area contributed by atoms with E-state index in [2.05, 4.69) is 10.3 Å². The summed E-state index contributed by atoms with van der Waals surface area (Å²) in [5.74, 6) is -2.67. The minimum atomic E-state index is -1.22. The zero-order valence-corrected chi connectivity index (χ0v) is 12.7. The van der Waals surface area contributed by atoms with Gasteiger partial charge in [0, 0.05) is 23.6 Å².